The molecule has 1 rings (SSSR count). The number of aromatic nitrogens is 1. The van der Waals surface area contributed by atoms with E-state index in [-0.39, 0.29) is 0 Å². The van der Waals surface area contributed by atoms with Crippen molar-refractivity contribution in [3.8, 4) is 0 Å². The predicted molar refractivity (Wildman–Crippen MR) is 83.4 cm³/mol. The van der Waals surface area contributed by atoms with E-state index in [1.807, 2.05) is 6.20 Å². The molecule has 0 unspecified atom stereocenters. The maximum atomic E-state index is 4.57. The van der Waals surface area contributed by atoms with Gasteiger partial charge in [0.25, 0.3) is 0 Å². The molecule has 0 saturated carbocycles. The standard InChI is InChI=1S/C17H30N2/c1-6-15-7-8-16(19-13-15)11-17(4,5)9-10-18-12-14(2)3/h7-8,13-14,18H,6,9-12H2,1-5H3. The third-order valence-electron chi connectivity index (χ3n) is 3.49. The molecule has 0 aromatic carbocycles. The molecule has 0 bridgehead atoms. The molecule has 1 aromatic rings. The number of nitrogens with one attached hydrogen (secondary N) is 1. The van der Waals surface area contributed by atoms with Crippen molar-refractivity contribution in [2.75, 3.05) is 13.1 Å². The van der Waals surface area contributed by atoms with Crippen molar-refractivity contribution >= 4 is 0 Å². The summed E-state index contributed by atoms with van der Waals surface area (Å²) in [5.74, 6) is 0.728. The molecule has 1 aromatic heterocycles. The Morgan fingerprint density at radius 2 is 2.00 bits per heavy atom. The van der Waals surface area contributed by atoms with Crippen molar-refractivity contribution in [3.63, 3.8) is 0 Å². The molecule has 0 aliphatic rings. The average molecular weight is 262 g/mol. The normalized spacial score (nSPS) is 12.1. The summed E-state index contributed by atoms with van der Waals surface area (Å²) in [4.78, 5) is 4.57. The second-order valence-electron chi connectivity index (χ2n) is 6.70. The number of hydrogen-bond acceptors (Lipinski definition) is 2. The first kappa shape index (κ1) is 16.2. The van der Waals surface area contributed by atoms with E-state index in [0.29, 0.717) is 5.41 Å². The molecule has 0 radical (unpaired) electrons. The molecule has 0 spiro atoms. The minimum Gasteiger partial charge on any atom is -0.316 e. The molecule has 0 aliphatic heterocycles. The second-order valence-corrected chi connectivity index (χ2v) is 6.70. The van der Waals surface area contributed by atoms with Gasteiger partial charge >= 0.3 is 0 Å². The number of rotatable bonds is 8. The molecule has 1 heterocycles. The zero-order valence-electron chi connectivity index (χ0n) is 13.3. The maximum absolute atomic E-state index is 4.57. The number of hydrogen-bond donors (Lipinski definition) is 1. The first-order chi connectivity index (χ1) is 8.93. The Morgan fingerprint density at radius 3 is 2.53 bits per heavy atom. The van der Waals surface area contributed by atoms with Crippen molar-refractivity contribution in [3.05, 3.63) is 29.6 Å². The Balaban J connectivity index is 2.39. The van der Waals surface area contributed by atoms with Crippen LogP contribution in [-0.2, 0) is 12.8 Å². The maximum Gasteiger partial charge on any atom is 0.0409 e. The topological polar surface area (TPSA) is 24.9 Å². The molecule has 108 valence electrons. The highest BCUT2D eigenvalue weighted by Gasteiger charge is 2.18. The highest BCUT2D eigenvalue weighted by Crippen LogP contribution is 2.24. The molecule has 0 aliphatic carbocycles. The molecule has 2 nitrogen and oxygen atoms in total. The second kappa shape index (κ2) is 7.64. The number of aryl methyl sites for hydroxylation is 1. The van der Waals surface area contributed by atoms with E-state index < -0.39 is 0 Å². The minimum atomic E-state index is 0.310. The summed E-state index contributed by atoms with van der Waals surface area (Å²) in [6, 6.07) is 4.39. The van der Waals surface area contributed by atoms with Crippen LogP contribution in [0.1, 0.15) is 52.3 Å². The van der Waals surface area contributed by atoms with Gasteiger partial charge in [-0.2, -0.15) is 0 Å². The van der Waals surface area contributed by atoms with Gasteiger partial charge in [-0.25, -0.2) is 0 Å². The lowest BCUT2D eigenvalue weighted by atomic mass is 9.84. The van der Waals surface area contributed by atoms with Gasteiger partial charge in [0.15, 0.2) is 0 Å². The van der Waals surface area contributed by atoms with E-state index in [4.69, 9.17) is 0 Å². The van der Waals surface area contributed by atoms with Gasteiger partial charge in [-0.15, -0.1) is 0 Å². The molecule has 19 heavy (non-hydrogen) atoms. The summed E-state index contributed by atoms with van der Waals surface area (Å²) in [5, 5.41) is 3.52. The fraction of sp³-hybridized carbons (Fsp3) is 0.706. The lowest BCUT2D eigenvalue weighted by Crippen LogP contribution is -2.26. The van der Waals surface area contributed by atoms with Crippen LogP contribution in [0.4, 0.5) is 0 Å². The Morgan fingerprint density at radius 1 is 1.26 bits per heavy atom. The SMILES string of the molecule is CCc1ccc(CC(C)(C)CCNCC(C)C)nc1. The van der Waals surface area contributed by atoms with Crippen molar-refractivity contribution < 1.29 is 0 Å². The van der Waals surface area contributed by atoms with Gasteiger partial charge in [0.2, 0.25) is 0 Å². The summed E-state index contributed by atoms with van der Waals surface area (Å²) in [6.07, 6.45) is 5.33. The van der Waals surface area contributed by atoms with E-state index in [9.17, 15) is 0 Å². The number of nitrogens with zero attached hydrogens (tertiary/aromatic N) is 1. The van der Waals surface area contributed by atoms with Gasteiger partial charge in [-0.3, -0.25) is 4.98 Å². The van der Waals surface area contributed by atoms with E-state index >= 15 is 0 Å². The van der Waals surface area contributed by atoms with Crippen LogP contribution >= 0.6 is 0 Å². The van der Waals surface area contributed by atoms with Gasteiger partial charge in [0.05, 0.1) is 0 Å². The van der Waals surface area contributed by atoms with Crippen LogP contribution in [0.3, 0.4) is 0 Å². The summed E-state index contributed by atoms with van der Waals surface area (Å²) in [7, 11) is 0. The smallest absolute Gasteiger partial charge is 0.0409 e. The third kappa shape index (κ3) is 6.72. The summed E-state index contributed by atoms with van der Waals surface area (Å²) >= 11 is 0. The molecule has 0 atom stereocenters. The van der Waals surface area contributed by atoms with E-state index in [0.717, 1.165) is 31.8 Å². The Kier molecular flexibility index (Phi) is 6.50. The Bertz CT molecular complexity index is 352. The molecule has 0 amide bonds. The Hall–Kier alpha value is -0.890. The zero-order valence-corrected chi connectivity index (χ0v) is 13.3. The van der Waals surface area contributed by atoms with Crippen molar-refractivity contribution in [2.24, 2.45) is 11.3 Å². The predicted octanol–water partition coefficient (Wildman–Crippen LogP) is 3.85. The molecule has 1 N–H and O–H groups in total. The van der Waals surface area contributed by atoms with Crippen LogP contribution < -0.4 is 5.32 Å². The lowest BCUT2D eigenvalue weighted by Gasteiger charge is -2.24. The van der Waals surface area contributed by atoms with Crippen molar-refractivity contribution in [1.29, 1.82) is 0 Å². The first-order valence-corrected chi connectivity index (χ1v) is 7.57. The molecule has 0 saturated heterocycles. The summed E-state index contributed by atoms with van der Waals surface area (Å²) in [5.41, 5.74) is 2.84. The highest BCUT2D eigenvalue weighted by atomic mass is 14.9. The average Bonchev–Trinajstić information content (AvgIpc) is 2.35. The lowest BCUT2D eigenvalue weighted by molar-refractivity contribution is 0.319. The molecular weight excluding hydrogens is 232 g/mol. The highest BCUT2D eigenvalue weighted by molar-refractivity contribution is 5.14. The third-order valence-corrected chi connectivity index (χ3v) is 3.49. The van der Waals surface area contributed by atoms with Crippen LogP contribution in [0.25, 0.3) is 0 Å². The van der Waals surface area contributed by atoms with Gasteiger partial charge in [0.1, 0.15) is 0 Å². The van der Waals surface area contributed by atoms with Crippen LogP contribution in [-0.4, -0.2) is 18.1 Å². The van der Waals surface area contributed by atoms with Crippen LogP contribution in [0.5, 0.6) is 0 Å². The van der Waals surface area contributed by atoms with E-state index in [2.05, 4.69) is 57.1 Å². The molecule has 2 heteroatoms. The van der Waals surface area contributed by atoms with Crippen LogP contribution in [0.15, 0.2) is 18.3 Å². The van der Waals surface area contributed by atoms with Gasteiger partial charge in [0, 0.05) is 11.9 Å². The zero-order chi connectivity index (χ0) is 14.3. The van der Waals surface area contributed by atoms with E-state index in [1.165, 1.54) is 17.7 Å². The molecule has 0 fully saturated rings. The van der Waals surface area contributed by atoms with Gasteiger partial charge in [-0.1, -0.05) is 40.7 Å². The monoisotopic (exact) mass is 262 g/mol. The van der Waals surface area contributed by atoms with E-state index in [1.54, 1.807) is 0 Å². The largest absolute Gasteiger partial charge is 0.316 e. The Labute approximate surface area is 119 Å². The number of pyridine rings is 1. The first-order valence-electron chi connectivity index (χ1n) is 7.57. The van der Waals surface area contributed by atoms with Crippen molar-refractivity contribution in [2.45, 2.75) is 53.9 Å². The fourth-order valence-electron chi connectivity index (χ4n) is 2.17. The van der Waals surface area contributed by atoms with Crippen molar-refractivity contribution in [1.82, 2.24) is 10.3 Å². The summed E-state index contributed by atoms with van der Waals surface area (Å²) < 4.78 is 0. The summed E-state index contributed by atoms with van der Waals surface area (Å²) in [6.45, 7) is 13.5. The minimum absolute atomic E-state index is 0.310. The van der Waals surface area contributed by atoms with Crippen LogP contribution in [0, 0.1) is 11.3 Å². The van der Waals surface area contributed by atoms with Crippen LogP contribution in [0.2, 0.25) is 0 Å². The molecular formula is C17H30N2. The van der Waals surface area contributed by atoms with Gasteiger partial charge < -0.3 is 5.32 Å². The van der Waals surface area contributed by atoms with Gasteiger partial charge in [-0.05, 0) is 55.3 Å². The fourth-order valence-corrected chi connectivity index (χ4v) is 2.17. The quantitative estimate of drug-likeness (QED) is 0.720.